The van der Waals surface area contributed by atoms with Crippen LogP contribution in [0.5, 0.6) is 11.5 Å². The average Bonchev–Trinajstić information content (AvgIpc) is 2.22. The van der Waals surface area contributed by atoms with E-state index in [9.17, 15) is 23.4 Å². The van der Waals surface area contributed by atoms with Crippen LogP contribution in [0.3, 0.4) is 0 Å². The number of phenols is 2. The highest BCUT2D eigenvalue weighted by molar-refractivity contribution is 8.00. The van der Waals surface area contributed by atoms with Crippen LogP contribution in [0, 0.1) is 0 Å². The predicted molar refractivity (Wildman–Crippen MR) is 60.0 cm³/mol. The van der Waals surface area contributed by atoms with Gasteiger partial charge in [-0.1, -0.05) is 12.1 Å². The van der Waals surface area contributed by atoms with Gasteiger partial charge in [0.25, 0.3) is 0 Å². The lowest BCUT2D eigenvalue weighted by Gasteiger charge is -2.08. The van der Waals surface area contributed by atoms with Crippen molar-refractivity contribution in [1.82, 2.24) is 5.32 Å². The number of phenolic OH excluding ortho intramolecular Hbond substituents is 2. The lowest BCUT2D eigenvalue weighted by atomic mass is 10.2. The van der Waals surface area contributed by atoms with E-state index in [2.05, 4.69) is 5.32 Å². The van der Waals surface area contributed by atoms with E-state index >= 15 is 0 Å². The first-order chi connectivity index (χ1) is 7.90. The summed E-state index contributed by atoms with van der Waals surface area (Å²) in [6.07, 6.45) is 0. The third kappa shape index (κ3) is 5.18. The zero-order valence-corrected chi connectivity index (χ0v) is 9.61. The van der Waals surface area contributed by atoms with Gasteiger partial charge < -0.3 is 15.5 Å². The third-order valence-electron chi connectivity index (χ3n) is 1.96. The second kappa shape index (κ2) is 6.02. The molecule has 0 atom stereocenters. The summed E-state index contributed by atoms with van der Waals surface area (Å²) in [6.45, 7) is 0.373. The zero-order valence-electron chi connectivity index (χ0n) is 8.79. The summed E-state index contributed by atoms with van der Waals surface area (Å²) in [5, 5.41) is 21.3. The molecule has 0 fully saturated rings. The minimum atomic E-state index is -4.21. The highest BCUT2D eigenvalue weighted by Gasteiger charge is 2.27. The minimum absolute atomic E-state index is 0.0942. The van der Waals surface area contributed by atoms with E-state index in [1.54, 1.807) is 12.1 Å². The van der Waals surface area contributed by atoms with E-state index < -0.39 is 5.51 Å². The minimum Gasteiger partial charge on any atom is -0.504 e. The Labute approximate surface area is 101 Å². The monoisotopic (exact) mass is 267 g/mol. The van der Waals surface area contributed by atoms with Gasteiger partial charge in [-0.25, -0.2) is 0 Å². The molecule has 7 heteroatoms. The first-order valence-electron chi connectivity index (χ1n) is 4.81. The summed E-state index contributed by atoms with van der Waals surface area (Å²) in [7, 11) is 0. The molecule has 0 aliphatic rings. The Morgan fingerprint density at radius 1 is 1.24 bits per heavy atom. The van der Waals surface area contributed by atoms with Gasteiger partial charge in [0.2, 0.25) is 0 Å². The Hall–Kier alpha value is -1.08. The van der Waals surface area contributed by atoms with Crippen LogP contribution in [0.2, 0.25) is 0 Å². The van der Waals surface area contributed by atoms with Crippen LogP contribution in [-0.4, -0.2) is 28.0 Å². The number of rotatable bonds is 5. The van der Waals surface area contributed by atoms with Crippen molar-refractivity contribution in [2.45, 2.75) is 12.1 Å². The maximum Gasteiger partial charge on any atom is 0.441 e. The number of thioether (sulfide) groups is 1. The summed E-state index contributed by atoms with van der Waals surface area (Å²) in [5.41, 5.74) is -3.77. The third-order valence-corrected chi connectivity index (χ3v) is 2.69. The fourth-order valence-electron chi connectivity index (χ4n) is 1.18. The molecule has 0 heterocycles. The van der Waals surface area contributed by atoms with Crippen molar-refractivity contribution in [3.63, 3.8) is 0 Å². The van der Waals surface area contributed by atoms with Crippen LogP contribution in [0.1, 0.15) is 5.56 Å². The van der Waals surface area contributed by atoms with Crippen LogP contribution in [0.4, 0.5) is 13.2 Å². The molecule has 0 saturated heterocycles. The number of nitrogens with one attached hydrogen (secondary N) is 1. The van der Waals surface area contributed by atoms with Gasteiger partial charge >= 0.3 is 5.51 Å². The van der Waals surface area contributed by atoms with E-state index in [-0.39, 0.29) is 42.1 Å². The second-order valence-corrected chi connectivity index (χ2v) is 4.42. The molecule has 0 amide bonds. The van der Waals surface area contributed by atoms with Crippen LogP contribution in [-0.2, 0) is 6.54 Å². The SMILES string of the molecule is Oc1cccc(CNCCSC(F)(F)F)c1O. The fourth-order valence-corrected chi connectivity index (χ4v) is 1.66. The van der Waals surface area contributed by atoms with E-state index in [4.69, 9.17) is 0 Å². The first kappa shape index (κ1) is 14.0. The molecule has 0 aliphatic carbocycles. The van der Waals surface area contributed by atoms with Gasteiger partial charge in [0.1, 0.15) is 0 Å². The maximum absolute atomic E-state index is 11.8. The standard InChI is InChI=1S/C10H12F3NO2S/c11-10(12,13)17-5-4-14-6-7-2-1-3-8(15)9(7)16/h1-3,14-16H,4-6H2. The van der Waals surface area contributed by atoms with Gasteiger partial charge in [0.15, 0.2) is 11.5 Å². The lowest BCUT2D eigenvalue weighted by molar-refractivity contribution is -0.0327. The molecule has 0 saturated carbocycles. The Bertz CT molecular complexity index is 371. The first-order valence-corrected chi connectivity index (χ1v) is 5.80. The van der Waals surface area contributed by atoms with E-state index in [1.165, 1.54) is 6.07 Å². The van der Waals surface area contributed by atoms with E-state index in [1.807, 2.05) is 0 Å². The summed E-state index contributed by atoms with van der Waals surface area (Å²) >= 11 is -0.0983. The molecule has 3 nitrogen and oxygen atoms in total. The fraction of sp³-hybridized carbons (Fsp3) is 0.400. The van der Waals surface area contributed by atoms with Gasteiger partial charge in [-0.2, -0.15) is 13.2 Å². The van der Waals surface area contributed by atoms with Crippen LogP contribution >= 0.6 is 11.8 Å². The molecule has 0 radical (unpaired) electrons. The molecule has 1 aromatic carbocycles. The Morgan fingerprint density at radius 3 is 2.59 bits per heavy atom. The number of alkyl halides is 3. The van der Waals surface area contributed by atoms with Crippen LogP contribution in [0.15, 0.2) is 18.2 Å². The molecule has 3 N–H and O–H groups in total. The summed E-state index contributed by atoms with van der Waals surface area (Å²) in [4.78, 5) is 0. The number of benzene rings is 1. The second-order valence-electron chi connectivity index (χ2n) is 3.26. The molecule has 0 unspecified atom stereocenters. The molecule has 1 rings (SSSR count). The quantitative estimate of drug-likeness (QED) is 0.566. The van der Waals surface area contributed by atoms with Gasteiger partial charge in [0.05, 0.1) is 0 Å². The Balaban J connectivity index is 2.29. The normalized spacial score (nSPS) is 11.7. The van der Waals surface area contributed by atoms with Crippen molar-refractivity contribution < 1.29 is 23.4 Å². The van der Waals surface area contributed by atoms with Gasteiger partial charge in [-0.05, 0) is 17.8 Å². The maximum atomic E-state index is 11.8. The van der Waals surface area contributed by atoms with Crippen molar-refractivity contribution in [3.05, 3.63) is 23.8 Å². The molecule has 1 aromatic rings. The van der Waals surface area contributed by atoms with E-state index in [0.717, 1.165) is 0 Å². The highest BCUT2D eigenvalue weighted by atomic mass is 32.2. The molecular weight excluding hydrogens is 255 g/mol. The topological polar surface area (TPSA) is 52.5 Å². The van der Waals surface area contributed by atoms with Crippen molar-refractivity contribution in [2.75, 3.05) is 12.3 Å². The van der Waals surface area contributed by atoms with Gasteiger partial charge in [-0.3, -0.25) is 0 Å². The number of hydrogen-bond acceptors (Lipinski definition) is 4. The molecule has 0 bridgehead atoms. The molecule has 0 aromatic heterocycles. The van der Waals surface area contributed by atoms with Crippen LogP contribution < -0.4 is 5.32 Å². The number of halogens is 3. The zero-order chi connectivity index (χ0) is 12.9. The van der Waals surface area contributed by atoms with Crippen LogP contribution in [0.25, 0.3) is 0 Å². The average molecular weight is 267 g/mol. The highest BCUT2D eigenvalue weighted by Crippen LogP contribution is 2.30. The van der Waals surface area contributed by atoms with Crippen molar-refractivity contribution in [2.24, 2.45) is 0 Å². The molecule has 0 spiro atoms. The van der Waals surface area contributed by atoms with Crippen molar-refractivity contribution >= 4 is 11.8 Å². The summed E-state index contributed by atoms with van der Waals surface area (Å²) in [6, 6.07) is 4.47. The summed E-state index contributed by atoms with van der Waals surface area (Å²) < 4.78 is 35.4. The lowest BCUT2D eigenvalue weighted by Crippen LogP contribution is -2.18. The molecular formula is C10H12F3NO2S. The van der Waals surface area contributed by atoms with Gasteiger partial charge in [0, 0.05) is 24.4 Å². The van der Waals surface area contributed by atoms with Crippen molar-refractivity contribution in [1.29, 1.82) is 0 Å². The molecule has 96 valence electrons. The Morgan fingerprint density at radius 2 is 1.94 bits per heavy atom. The Kier molecular flexibility index (Phi) is 4.95. The summed E-state index contributed by atoms with van der Waals surface area (Å²) in [5.74, 6) is -0.583. The molecule has 0 aliphatic heterocycles. The van der Waals surface area contributed by atoms with E-state index in [0.29, 0.717) is 5.56 Å². The number of para-hydroxylation sites is 1. The predicted octanol–water partition coefficient (Wildman–Crippen LogP) is 2.44. The van der Waals surface area contributed by atoms with Gasteiger partial charge in [-0.15, -0.1) is 0 Å². The number of hydrogen-bond donors (Lipinski definition) is 3. The largest absolute Gasteiger partial charge is 0.504 e. The smallest absolute Gasteiger partial charge is 0.441 e. The molecule has 17 heavy (non-hydrogen) atoms. The number of aromatic hydroxyl groups is 2. The van der Waals surface area contributed by atoms with Crippen molar-refractivity contribution in [3.8, 4) is 11.5 Å².